The first-order valence-electron chi connectivity index (χ1n) is 25.2. The van der Waals surface area contributed by atoms with Gasteiger partial charge in [-0.05, 0) is 181 Å². The molecule has 9 aliphatic rings. The van der Waals surface area contributed by atoms with Gasteiger partial charge in [0, 0.05) is 27.6 Å². The maximum Gasteiger partial charge on any atom is 0.0159 e. The second-order valence-electron chi connectivity index (χ2n) is 24.9. The molecular formula is C64H68. The third-order valence-electron chi connectivity index (χ3n) is 19.9. The number of allylic oxidation sites excluding steroid dienone is 12. The number of fused-ring (bicyclic) bond motifs is 3. The number of hydrogen-bond donors (Lipinski definition) is 0. The molecule has 324 valence electrons. The predicted octanol–water partition coefficient (Wildman–Crippen LogP) is 14.7. The summed E-state index contributed by atoms with van der Waals surface area (Å²) in [5.74, 6) is 2.69. The predicted molar refractivity (Wildman–Crippen MR) is 270 cm³/mol. The van der Waals surface area contributed by atoms with Crippen molar-refractivity contribution in [2.24, 2.45) is 40.4 Å². The Morgan fingerprint density at radius 3 is 2.16 bits per heavy atom. The molecule has 0 heterocycles. The summed E-state index contributed by atoms with van der Waals surface area (Å²) in [6.07, 6.45) is 22.4. The zero-order chi connectivity index (χ0) is 44.4. The fourth-order valence-corrected chi connectivity index (χ4v) is 16.3. The second-order valence-corrected chi connectivity index (χ2v) is 24.9. The quantitative estimate of drug-likeness (QED) is 0.188. The Hall–Kier alpha value is -4.68. The molecule has 64 heavy (non-hydrogen) atoms. The first-order valence-corrected chi connectivity index (χ1v) is 25.2. The molecule has 5 unspecified atom stereocenters. The molecule has 0 aromatic heterocycles. The van der Waals surface area contributed by atoms with E-state index in [2.05, 4.69) is 174 Å². The van der Waals surface area contributed by atoms with Gasteiger partial charge < -0.3 is 0 Å². The van der Waals surface area contributed by atoms with Gasteiger partial charge in [0.1, 0.15) is 0 Å². The molecule has 0 nitrogen and oxygen atoms in total. The van der Waals surface area contributed by atoms with E-state index in [0.717, 1.165) is 25.7 Å². The smallest absolute Gasteiger partial charge is 0.0159 e. The van der Waals surface area contributed by atoms with Gasteiger partial charge in [0.15, 0.2) is 0 Å². The summed E-state index contributed by atoms with van der Waals surface area (Å²) >= 11 is 0. The molecule has 5 atom stereocenters. The maximum atomic E-state index is 2.83. The molecule has 2 fully saturated rings. The fraction of sp³-hybridized carbons (Fsp3) is 0.438. The lowest BCUT2D eigenvalue weighted by Gasteiger charge is -2.41. The van der Waals surface area contributed by atoms with Crippen LogP contribution in [0.15, 0.2) is 124 Å². The summed E-state index contributed by atoms with van der Waals surface area (Å²) in [6.45, 7) is 30.2. The molecular weight excluding hydrogens is 769 g/mol. The van der Waals surface area contributed by atoms with Gasteiger partial charge >= 0.3 is 0 Å². The van der Waals surface area contributed by atoms with Crippen LogP contribution in [0, 0.1) is 47.3 Å². The van der Waals surface area contributed by atoms with Crippen LogP contribution in [0.2, 0.25) is 0 Å². The Balaban J connectivity index is 0.968. The van der Waals surface area contributed by atoms with Gasteiger partial charge in [-0.15, -0.1) is 0 Å². The lowest BCUT2D eigenvalue weighted by Crippen LogP contribution is -2.45. The molecule has 2 saturated carbocycles. The Labute approximate surface area is 383 Å². The van der Waals surface area contributed by atoms with E-state index in [4.69, 9.17) is 0 Å². The van der Waals surface area contributed by atoms with Gasteiger partial charge in [0.2, 0.25) is 0 Å². The highest BCUT2D eigenvalue weighted by molar-refractivity contribution is 6.09. The van der Waals surface area contributed by atoms with Crippen LogP contribution in [-0.4, -0.2) is 0 Å². The summed E-state index contributed by atoms with van der Waals surface area (Å²) in [5.41, 5.74) is 27.1. The van der Waals surface area contributed by atoms with Crippen LogP contribution >= 0.6 is 0 Å². The summed E-state index contributed by atoms with van der Waals surface area (Å²) < 4.78 is 0. The van der Waals surface area contributed by atoms with Crippen molar-refractivity contribution in [1.82, 2.24) is 0 Å². The SMILES string of the molecule is CC1=c2cccc3c2=C2C4=C(C=C(CC(Cc5cc6c7c(c5)C(C)(C)c5cccc8c(C)cc(c-7c58)C6(C)C)C5C=C6C(=CC5)C5CC=CC=C5C6(C)C)CC4C(C)(C)C2C1)C3(C)C. The van der Waals surface area contributed by atoms with E-state index in [9.17, 15) is 0 Å². The summed E-state index contributed by atoms with van der Waals surface area (Å²) in [5, 5.41) is 6.08. The van der Waals surface area contributed by atoms with Crippen LogP contribution in [0.1, 0.15) is 147 Å². The standard InChI is InChI=1S/C64H68/c1-34-25-48-58-54-40(34)18-15-21-45(54)61(5,6)50-29-36(31-52(56(50)58)63(48,9)10)27-39(38-23-24-43-42-17-13-14-20-44(42)60(3,4)47(43)33-38)28-37-30-51-57-53(32-37)64(11,12)49-26-35(2)41-19-16-22-46(62(51,7)8)55(41)59(49)57/h13-16,18-22,24-25,29-31,33,38-39,42,49,53H,17,23,26-28,32H2,1-12H3. The topological polar surface area (TPSA) is 0 Å². The van der Waals surface area contributed by atoms with Gasteiger partial charge in [-0.2, -0.15) is 0 Å². The third kappa shape index (κ3) is 4.77. The van der Waals surface area contributed by atoms with Crippen LogP contribution in [0.25, 0.3) is 33.0 Å². The van der Waals surface area contributed by atoms with Gasteiger partial charge in [-0.3, -0.25) is 0 Å². The van der Waals surface area contributed by atoms with E-state index in [1.54, 1.807) is 77.6 Å². The Morgan fingerprint density at radius 1 is 0.672 bits per heavy atom. The third-order valence-corrected chi connectivity index (χ3v) is 19.9. The lowest BCUT2D eigenvalue weighted by molar-refractivity contribution is 0.208. The summed E-state index contributed by atoms with van der Waals surface area (Å²) in [7, 11) is 0. The first kappa shape index (κ1) is 39.7. The minimum Gasteiger partial charge on any atom is -0.0836 e. The van der Waals surface area contributed by atoms with Crippen molar-refractivity contribution >= 4 is 21.9 Å². The van der Waals surface area contributed by atoms with Crippen molar-refractivity contribution < 1.29 is 0 Å². The van der Waals surface area contributed by atoms with Gasteiger partial charge in [0.25, 0.3) is 0 Å². The lowest BCUT2D eigenvalue weighted by atomic mass is 9.63. The fourth-order valence-electron chi connectivity index (χ4n) is 16.3. The Bertz CT molecular complexity index is 3220. The number of rotatable bonds is 5. The molecule has 0 N–H and O–H groups in total. The van der Waals surface area contributed by atoms with E-state index < -0.39 is 0 Å². The van der Waals surface area contributed by atoms with Gasteiger partial charge in [0.05, 0.1) is 0 Å². The minimum atomic E-state index is -0.0836. The normalized spacial score (nSPS) is 28.3. The molecule has 4 aromatic carbocycles. The number of hydrogen-bond acceptors (Lipinski definition) is 0. The molecule has 0 spiro atoms. The van der Waals surface area contributed by atoms with Crippen molar-refractivity contribution in [2.45, 2.75) is 138 Å². The molecule has 0 bridgehead atoms. The van der Waals surface area contributed by atoms with E-state index in [1.165, 1.54) is 51.1 Å². The van der Waals surface area contributed by atoms with Crippen molar-refractivity contribution in [1.29, 1.82) is 0 Å². The highest BCUT2D eigenvalue weighted by atomic mass is 14.6. The molecule has 0 aliphatic heterocycles. The minimum absolute atomic E-state index is 0.0303. The largest absolute Gasteiger partial charge is 0.0836 e. The Kier molecular flexibility index (Phi) is 7.68. The molecule has 0 saturated heterocycles. The number of aryl methyl sites for hydroxylation is 1. The first-order chi connectivity index (χ1) is 30.3. The van der Waals surface area contributed by atoms with E-state index in [-0.39, 0.29) is 27.1 Å². The van der Waals surface area contributed by atoms with Gasteiger partial charge in [-0.1, -0.05) is 177 Å². The average Bonchev–Trinajstić information content (AvgIpc) is 3.74. The summed E-state index contributed by atoms with van der Waals surface area (Å²) in [6, 6.07) is 22.3. The van der Waals surface area contributed by atoms with Crippen LogP contribution < -0.4 is 10.4 Å². The molecule has 9 aliphatic carbocycles. The van der Waals surface area contributed by atoms with Crippen molar-refractivity contribution in [3.8, 4) is 11.1 Å². The van der Waals surface area contributed by atoms with E-state index in [0.29, 0.717) is 29.6 Å². The Morgan fingerprint density at radius 2 is 1.38 bits per heavy atom. The molecule has 0 amide bonds. The van der Waals surface area contributed by atoms with Crippen LogP contribution in [0.5, 0.6) is 0 Å². The molecule has 13 rings (SSSR count). The van der Waals surface area contributed by atoms with E-state index in [1.807, 2.05) is 0 Å². The van der Waals surface area contributed by atoms with Crippen molar-refractivity contribution in [3.63, 3.8) is 0 Å². The highest BCUT2D eigenvalue weighted by Crippen LogP contribution is 2.65. The average molecular weight is 837 g/mol. The molecule has 0 heteroatoms. The molecule has 4 aromatic rings. The van der Waals surface area contributed by atoms with Gasteiger partial charge in [-0.25, -0.2) is 0 Å². The zero-order valence-corrected chi connectivity index (χ0v) is 40.8. The summed E-state index contributed by atoms with van der Waals surface area (Å²) in [4.78, 5) is 0. The van der Waals surface area contributed by atoms with Crippen LogP contribution in [0.3, 0.4) is 0 Å². The highest BCUT2D eigenvalue weighted by Gasteiger charge is 2.56. The van der Waals surface area contributed by atoms with Crippen LogP contribution in [0.4, 0.5) is 0 Å². The van der Waals surface area contributed by atoms with Crippen LogP contribution in [-0.2, 0) is 22.7 Å². The number of benzene rings is 4. The second kappa shape index (κ2) is 12.4. The maximum absolute atomic E-state index is 2.83. The van der Waals surface area contributed by atoms with Crippen molar-refractivity contribution in [2.75, 3.05) is 0 Å². The van der Waals surface area contributed by atoms with E-state index >= 15 is 0 Å². The molecule has 0 radical (unpaired) electrons. The zero-order valence-electron chi connectivity index (χ0n) is 40.8. The monoisotopic (exact) mass is 837 g/mol. The van der Waals surface area contributed by atoms with Crippen molar-refractivity contribution in [3.05, 3.63) is 174 Å².